The molecule has 1 amide bonds. The predicted octanol–water partition coefficient (Wildman–Crippen LogP) is 4.43. The van der Waals surface area contributed by atoms with Gasteiger partial charge in [0.2, 0.25) is 5.91 Å². The summed E-state index contributed by atoms with van der Waals surface area (Å²) in [7, 11) is -3.72. The van der Waals surface area contributed by atoms with E-state index in [9.17, 15) is 13.2 Å². The maximum Gasteiger partial charge on any atom is 0.263 e. The Hall–Kier alpha value is -2.13. The van der Waals surface area contributed by atoms with Gasteiger partial charge in [-0.2, -0.15) is 0 Å². The zero-order valence-electron chi connectivity index (χ0n) is 13.6. The Morgan fingerprint density at radius 3 is 2.52 bits per heavy atom. The quantitative estimate of drug-likeness (QED) is 0.591. The minimum absolute atomic E-state index is 0.0101. The van der Waals surface area contributed by atoms with Crippen LogP contribution in [-0.4, -0.2) is 19.3 Å². The number of rotatable bonds is 6. The van der Waals surface area contributed by atoms with Gasteiger partial charge in [0.1, 0.15) is 0 Å². The Kier molecular flexibility index (Phi) is 6.01. The fourth-order valence-electron chi connectivity index (χ4n) is 2.15. The molecule has 1 aromatic heterocycles. The summed E-state index contributed by atoms with van der Waals surface area (Å²) in [6.45, 7) is 0. The van der Waals surface area contributed by atoms with Crippen molar-refractivity contribution in [3.8, 4) is 0 Å². The molecule has 6 nitrogen and oxygen atoms in total. The van der Waals surface area contributed by atoms with Crippen LogP contribution in [0.1, 0.15) is 5.69 Å². The van der Waals surface area contributed by atoms with Crippen LogP contribution in [0.25, 0.3) is 0 Å². The van der Waals surface area contributed by atoms with E-state index in [1.165, 1.54) is 12.1 Å². The van der Waals surface area contributed by atoms with Crippen molar-refractivity contribution in [3.63, 3.8) is 0 Å². The fraction of sp³-hybridized carbons (Fsp3) is 0.0588. The second-order valence-corrected chi connectivity index (χ2v) is 8.77. The first-order valence-electron chi connectivity index (χ1n) is 7.61. The Labute approximate surface area is 170 Å². The first-order chi connectivity index (χ1) is 12.8. The van der Waals surface area contributed by atoms with E-state index in [-0.39, 0.29) is 22.4 Å². The zero-order chi connectivity index (χ0) is 19.4. The van der Waals surface area contributed by atoms with Gasteiger partial charge >= 0.3 is 0 Å². The highest BCUT2D eigenvalue weighted by Gasteiger charge is 2.16. The number of halogens is 2. The van der Waals surface area contributed by atoms with E-state index in [0.717, 1.165) is 11.3 Å². The van der Waals surface area contributed by atoms with Crippen LogP contribution in [-0.2, 0) is 21.2 Å². The van der Waals surface area contributed by atoms with E-state index in [1.807, 2.05) is 0 Å². The van der Waals surface area contributed by atoms with E-state index in [1.54, 1.807) is 41.8 Å². The van der Waals surface area contributed by atoms with Crippen LogP contribution in [0, 0.1) is 0 Å². The first-order valence-corrected chi connectivity index (χ1v) is 10.7. The van der Waals surface area contributed by atoms with Gasteiger partial charge in [-0.25, -0.2) is 13.4 Å². The molecule has 0 saturated carbocycles. The Bertz CT molecular complexity index is 1070. The molecule has 0 fully saturated rings. The fourth-order valence-corrected chi connectivity index (χ4v) is 4.43. The average Bonchev–Trinajstić information content (AvgIpc) is 3.05. The van der Waals surface area contributed by atoms with Crippen molar-refractivity contribution in [3.05, 3.63) is 69.7 Å². The van der Waals surface area contributed by atoms with Crippen molar-refractivity contribution in [1.29, 1.82) is 0 Å². The van der Waals surface area contributed by atoms with Gasteiger partial charge in [-0.15, -0.1) is 11.3 Å². The van der Waals surface area contributed by atoms with Gasteiger partial charge in [0.05, 0.1) is 27.1 Å². The Balaban J connectivity index is 1.63. The number of thiazole rings is 1. The molecular formula is C17H13Cl2N3O3S2. The van der Waals surface area contributed by atoms with Crippen molar-refractivity contribution in [1.82, 2.24) is 4.98 Å². The highest BCUT2D eigenvalue weighted by atomic mass is 35.5. The third kappa shape index (κ3) is 5.20. The highest BCUT2D eigenvalue weighted by Crippen LogP contribution is 2.25. The first kappa shape index (κ1) is 19.6. The van der Waals surface area contributed by atoms with Crippen LogP contribution in [0.15, 0.2) is 58.8 Å². The summed E-state index contributed by atoms with van der Waals surface area (Å²) < 4.78 is 27.0. The number of sulfonamides is 1. The minimum Gasteiger partial charge on any atom is -0.326 e. The van der Waals surface area contributed by atoms with Gasteiger partial charge in [0, 0.05) is 11.1 Å². The topological polar surface area (TPSA) is 88.2 Å². The average molecular weight is 442 g/mol. The molecule has 27 heavy (non-hydrogen) atoms. The molecule has 0 aliphatic heterocycles. The molecule has 10 heteroatoms. The van der Waals surface area contributed by atoms with Crippen molar-refractivity contribution in [2.45, 2.75) is 11.3 Å². The third-order valence-corrected chi connectivity index (χ3v) is 6.40. The minimum atomic E-state index is -3.72. The van der Waals surface area contributed by atoms with E-state index in [2.05, 4.69) is 15.0 Å². The van der Waals surface area contributed by atoms with Gasteiger partial charge in [-0.3, -0.25) is 9.52 Å². The van der Waals surface area contributed by atoms with Crippen LogP contribution in [0.4, 0.5) is 10.8 Å². The van der Waals surface area contributed by atoms with Gasteiger partial charge in [-0.05, 0) is 30.3 Å². The maximum atomic E-state index is 12.3. The molecule has 2 N–H and O–H groups in total. The van der Waals surface area contributed by atoms with E-state index >= 15 is 0 Å². The number of carbonyl (C=O) groups is 1. The van der Waals surface area contributed by atoms with Gasteiger partial charge in [0.25, 0.3) is 10.0 Å². The lowest BCUT2D eigenvalue weighted by atomic mass is 10.3. The van der Waals surface area contributed by atoms with Crippen molar-refractivity contribution < 1.29 is 13.2 Å². The largest absolute Gasteiger partial charge is 0.326 e. The van der Waals surface area contributed by atoms with Gasteiger partial charge < -0.3 is 5.32 Å². The smallest absolute Gasteiger partial charge is 0.263 e. The standard InChI is InChI=1S/C17H13Cl2N3O3S2/c18-14-7-6-11(8-15(14)19)20-16(23)9-12-10-26-17(21-12)22-27(24,25)13-4-2-1-3-5-13/h1-8,10H,9H2,(H,20,23)(H,21,22). The molecule has 2 aromatic carbocycles. The molecule has 0 radical (unpaired) electrons. The Morgan fingerprint density at radius 1 is 1.07 bits per heavy atom. The van der Waals surface area contributed by atoms with E-state index in [0.29, 0.717) is 21.4 Å². The molecular weight excluding hydrogens is 429 g/mol. The van der Waals surface area contributed by atoms with Crippen molar-refractivity contribution in [2.24, 2.45) is 0 Å². The molecule has 3 aromatic rings. The molecule has 3 rings (SSSR count). The number of aromatic nitrogens is 1. The number of nitrogens with zero attached hydrogens (tertiary/aromatic N) is 1. The molecule has 0 aliphatic carbocycles. The molecule has 0 unspecified atom stereocenters. The second kappa shape index (κ2) is 8.26. The number of hydrogen-bond donors (Lipinski definition) is 2. The lowest BCUT2D eigenvalue weighted by Gasteiger charge is -2.05. The molecule has 0 spiro atoms. The van der Waals surface area contributed by atoms with Crippen LogP contribution < -0.4 is 10.0 Å². The van der Waals surface area contributed by atoms with E-state index < -0.39 is 10.0 Å². The lowest BCUT2D eigenvalue weighted by Crippen LogP contribution is -2.15. The highest BCUT2D eigenvalue weighted by molar-refractivity contribution is 7.93. The molecule has 140 valence electrons. The summed E-state index contributed by atoms with van der Waals surface area (Å²) in [6.07, 6.45) is -0.0101. The van der Waals surface area contributed by atoms with Crippen LogP contribution in [0.3, 0.4) is 0 Å². The Morgan fingerprint density at radius 2 is 1.81 bits per heavy atom. The van der Waals surface area contributed by atoms with E-state index in [4.69, 9.17) is 23.2 Å². The predicted molar refractivity (Wildman–Crippen MR) is 108 cm³/mol. The number of hydrogen-bond acceptors (Lipinski definition) is 5. The summed E-state index contributed by atoms with van der Waals surface area (Å²) in [4.78, 5) is 16.4. The molecule has 0 saturated heterocycles. The van der Waals surface area contributed by atoms with Crippen molar-refractivity contribution in [2.75, 3.05) is 10.0 Å². The second-order valence-electron chi connectivity index (χ2n) is 5.42. The van der Waals surface area contributed by atoms with Crippen LogP contribution in [0.5, 0.6) is 0 Å². The summed E-state index contributed by atoms with van der Waals surface area (Å²) in [5, 5.41) is 5.23. The monoisotopic (exact) mass is 441 g/mol. The van der Waals surface area contributed by atoms with Gasteiger partial charge in [0.15, 0.2) is 5.13 Å². The summed E-state index contributed by atoms with van der Waals surface area (Å²) in [5.41, 5.74) is 0.956. The molecule has 0 atom stereocenters. The zero-order valence-corrected chi connectivity index (χ0v) is 16.8. The SMILES string of the molecule is O=C(Cc1csc(NS(=O)(=O)c2ccccc2)n1)Nc1ccc(Cl)c(Cl)c1. The normalized spacial score (nSPS) is 11.2. The summed E-state index contributed by atoms with van der Waals surface area (Å²) in [5.74, 6) is -0.309. The summed E-state index contributed by atoms with van der Waals surface area (Å²) >= 11 is 12.9. The molecule has 1 heterocycles. The van der Waals surface area contributed by atoms with Crippen molar-refractivity contribution >= 4 is 61.3 Å². The van der Waals surface area contributed by atoms with Gasteiger partial charge in [-0.1, -0.05) is 41.4 Å². The van der Waals surface area contributed by atoms with Crippen LogP contribution in [0.2, 0.25) is 10.0 Å². The number of carbonyl (C=O) groups excluding carboxylic acids is 1. The third-order valence-electron chi connectivity index (χ3n) is 3.37. The van der Waals surface area contributed by atoms with Crippen LogP contribution >= 0.6 is 34.5 Å². The summed E-state index contributed by atoms with van der Waals surface area (Å²) in [6, 6.07) is 12.7. The lowest BCUT2D eigenvalue weighted by molar-refractivity contribution is -0.115. The number of nitrogens with one attached hydrogen (secondary N) is 2. The molecule has 0 aliphatic rings. The number of anilines is 2. The molecule has 0 bridgehead atoms. The number of benzene rings is 2. The number of amides is 1. The maximum absolute atomic E-state index is 12.3.